The molecule has 1 unspecified atom stereocenters. The van der Waals surface area contributed by atoms with Crippen LogP contribution in [-0.2, 0) is 13.6 Å². The van der Waals surface area contributed by atoms with Crippen LogP contribution >= 0.6 is 7.75 Å². The lowest BCUT2D eigenvalue weighted by Crippen LogP contribution is -2.18. The smallest absolute Gasteiger partial charge is 0.309 e. The van der Waals surface area contributed by atoms with Gasteiger partial charge in [-0.3, -0.25) is 4.52 Å². The van der Waals surface area contributed by atoms with Crippen LogP contribution in [0, 0.1) is 0 Å². The SMILES string of the molecule is CCOP(=O)(NCCCCN(C)C)OC.[HH]. The molecule has 0 fully saturated rings. The van der Waals surface area contributed by atoms with Crippen LogP contribution in [0.5, 0.6) is 0 Å². The minimum atomic E-state index is -3.03. The molecule has 1 N–H and O–H groups in total. The Morgan fingerprint density at radius 2 is 2.07 bits per heavy atom. The third-order valence-corrected chi connectivity index (χ3v) is 3.57. The molecule has 94 valence electrons. The van der Waals surface area contributed by atoms with Gasteiger partial charge in [0.15, 0.2) is 0 Å². The highest BCUT2D eigenvalue weighted by molar-refractivity contribution is 7.51. The molecule has 0 aromatic rings. The lowest BCUT2D eigenvalue weighted by atomic mass is 10.3. The number of rotatable bonds is 9. The molecule has 0 aliphatic rings. The van der Waals surface area contributed by atoms with E-state index in [-0.39, 0.29) is 1.43 Å². The molecule has 0 aromatic carbocycles. The van der Waals surface area contributed by atoms with Crippen molar-refractivity contribution in [3.63, 3.8) is 0 Å². The lowest BCUT2D eigenvalue weighted by Gasteiger charge is -2.16. The first-order valence-corrected chi connectivity index (χ1v) is 6.78. The van der Waals surface area contributed by atoms with Crippen LogP contribution in [0.4, 0.5) is 0 Å². The zero-order valence-corrected chi connectivity index (χ0v) is 11.0. The topological polar surface area (TPSA) is 50.8 Å². The van der Waals surface area contributed by atoms with Crippen LogP contribution in [0.3, 0.4) is 0 Å². The Balaban J connectivity index is 0. The fourth-order valence-electron chi connectivity index (χ4n) is 1.10. The van der Waals surface area contributed by atoms with Gasteiger partial charge in [0.05, 0.1) is 6.61 Å². The monoisotopic (exact) mass is 240 g/mol. The summed E-state index contributed by atoms with van der Waals surface area (Å²) in [6.07, 6.45) is 2.02. The molecule has 1 atom stereocenters. The summed E-state index contributed by atoms with van der Waals surface area (Å²) in [6, 6.07) is 0. The molecule has 0 rings (SSSR count). The minimum Gasteiger partial charge on any atom is -0.309 e. The highest BCUT2D eigenvalue weighted by atomic mass is 31.2. The Bertz CT molecular complexity index is 205. The maximum absolute atomic E-state index is 11.7. The molecule has 0 spiro atoms. The van der Waals surface area contributed by atoms with Crippen molar-refractivity contribution in [2.24, 2.45) is 0 Å². The molecule has 0 saturated carbocycles. The van der Waals surface area contributed by atoms with Gasteiger partial charge in [-0.2, -0.15) is 0 Å². The van der Waals surface area contributed by atoms with E-state index in [1.165, 1.54) is 7.11 Å². The number of hydrogen-bond acceptors (Lipinski definition) is 4. The van der Waals surface area contributed by atoms with E-state index in [4.69, 9.17) is 9.05 Å². The Morgan fingerprint density at radius 3 is 2.53 bits per heavy atom. The zero-order valence-electron chi connectivity index (χ0n) is 10.2. The van der Waals surface area contributed by atoms with Gasteiger partial charge in [0.1, 0.15) is 0 Å². The highest BCUT2D eigenvalue weighted by Gasteiger charge is 2.20. The van der Waals surface area contributed by atoms with E-state index in [1.807, 2.05) is 14.1 Å². The molecule has 0 radical (unpaired) electrons. The van der Waals surface area contributed by atoms with Gasteiger partial charge in [0, 0.05) is 15.1 Å². The summed E-state index contributed by atoms with van der Waals surface area (Å²) in [5.41, 5.74) is 0. The summed E-state index contributed by atoms with van der Waals surface area (Å²) in [6.45, 7) is 3.86. The molecule has 0 aliphatic carbocycles. The zero-order chi connectivity index (χ0) is 11.7. The molecule has 6 heteroatoms. The Labute approximate surface area is 94.2 Å². The van der Waals surface area contributed by atoms with E-state index in [9.17, 15) is 4.57 Å². The largest absolute Gasteiger partial charge is 0.405 e. The van der Waals surface area contributed by atoms with Gasteiger partial charge >= 0.3 is 7.75 Å². The molecular formula is C9H25N2O3P. The van der Waals surface area contributed by atoms with Crippen molar-refractivity contribution in [2.45, 2.75) is 19.8 Å². The predicted molar refractivity (Wildman–Crippen MR) is 64.1 cm³/mol. The van der Waals surface area contributed by atoms with Crippen molar-refractivity contribution < 1.29 is 15.0 Å². The van der Waals surface area contributed by atoms with E-state index in [0.717, 1.165) is 19.4 Å². The molecule has 0 aromatic heterocycles. The number of nitrogens with one attached hydrogen (secondary N) is 1. The Kier molecular flexibility index (Phi) is 8.29. The summed E-state index contributed by atoms with van der Waals surface area (Å²) in [5.74, 6) is 0. The van der Waals surface area contributed by atoms with Crippen LogP contribution in [0.2, 0.25) is 0 Å². The van der Waals surface area contributed by atoms with Crippen LogP contribution < -0.4 is 5.09 Å². The normalized spacial score (nSPS) is 15.5. The van der Waals surface area contributed by atoms with E-state index >= 15 is 0 Å². The van der Waals surface area contributed by atoms with Gasteiger partial charge in [-0.05, 0) is 40.4 Å². The van der Waals surface area contributed by atoms with Gasteiger partial charge in [-0.15, -0.1) is 0 Å². The van der Waals surface area contributed by atoms with Gasteiger partial charge in [-0.1, -0.05) is 0 Å². The third-order valence-electron chi connectivity index (χ3n) is 1.88. The lowest BCUT2D eigenvalue weighted by molar-refractivity contribution is 0.234. The standard InChI is InChI=1S/C9H23N2O3P.H2/c1-5-14-15(12,13-4)10-8-6-7-9-11(2)3;/h5-9H2,1-4H3,(H,10,12);1H. The fraction of sp³-hybridized carbons (Fsp3) is 1.00. The van der Waals surface area contributed by atoms with Gasteiger partial charge in [-0.25, -0.2) is 9.65 Å². The fourth-order valence-corrected chi connectivity index (χ4v) is 2.20. The van der Waals surface area contributed by atoms with Gasteiger partial charge in [0.25, 0.3) is 0 Å². The molecule has 5 nitrogen and oxygen atoms in total. The average Bonchev–Trinajstić information content (AvgIpc) is 2.17. The molecule has 15 heavy (non-hydrogen) atoms. The Hall–Kier alpha value is 0.0700. The van der Waals surface area contributed by atoms with Crippen LogP contribution in [0.15, 0.2) is 0 Å². The predicted octanol–water partition coefficient (Wildman–Crippen LogP) is 1.95. The van der Waals surface area contributed by atoms with Crippen LogP contribution in [0.25, 0.3) is 0 Å². The Morgan fingerprint density at radius 1 is 1.40 bits per heavy atom. The van der Waals surface area contributed by atoms with E-state index in [2.05, 4.69) is 9.99 Å². The van der Waals surface area contributed by atoms with Crippen molar-refractivity contribution >= 4 is 7.75 Å². The number of nitrogens with zero attached hydrogens (tertiary/aromatic N) is 1. The van der Waals surface area contributed by atoms with E-state index < -0.39 is 7.75 Å². The number of unbranched alkanes of at least 4 members (excludes halogenated alkanes) is 1. The highest BCUT2D eigenvalue weighted by Crippen LogP contribution is 2.42. The summed E-state index contributed by atoms with van der Waals surface area (Å²) < 4.78 is 21.5. The second-order valence-electron chi connectivity index (χ2n) is 3.52. The van der Waals surface area contributed by atoms with E-state index in [1.54, 1.807) is 6.92 Å². The maximum atomic E-state index is 11.7. The quantitative estimate of drug-likeness (QED) is 0.493. The minimum absolute atomic E-state index is 0. The summed E-state index contributed by atoms with van der Waals surface area (Å²) >= 11 is 0. The second-order valence-corrected chi connectivity index (χ2v) is 5.45. The molecule has 0 bridgehead atoms. The maximum Gasteiger partial charge on any atom is 0.405 e. The van der Waals surface area contributed by atoms with Crippen molar-refractivity contribution in [1.82, 2.24) is 9.99 Å². The molecule has 0 heterocycles. The van der Waals surface area contributed by atoms with Crippen LogP contribution in [-0.4, -0.2) is 45.8 Å². The summed E-state index contributed by atoms with van der Waals surface area (Å²) in [4.78, 5) is 2.12. The molecular weight excluding hydrogens is 215 g/mol. The van der Waals surface area contributed by atoms with E-state index in [0.29, 0.717) is 13.2 Å². The second kappa shape index (κ2) is 8.25. The number of hydrogen-bond donors (Lipinski definition) is 1. The molecule has 0 saturated heterocycles. The summed E-state index contributed by atoms with van der Waals surface area (Å²) in [7, 11) is 2.44. The first-order chi connectivity index (χ1) is 7.04. The first-order valence-electron chi connectivity index (χ1n) is 5.24. The van der Waals surface area contributed by atoms with Crippen molar-refractivity contribution in [1.29, 1.82) is 0 Å². The van der Waals surface area contributed by atoms with Gasteiger partial charge < -0.3 is 9.42 Å². The third kappa shape index (κ3) is 7.94. The van der Waals surface area contributed by atoms with Crippen LogP contribution in [0.1, 0.15) is 21.2 Å². The molecule has 0 aliphatic heterocycles. The van der Waals surface area contributed by atoms with Crippen molar-refractivity contribution in [2.75, 3.05) is 40.9 Å². The van der Waals surface area contributed by atoms with Crippen molar-refractivity contribution in [3.8, 4) is 0 Å². The molecule has 0 amide bonds. The average molecular weight is 240 g/mol. The summed E-state index contributed by atoms with van der Waals surface area (Å²) in [5, 5.41) is 2.81. The first kappa shape index (κ1) is 15.1. The van der Waals surface area contributed by atoms with Crippen molar-refractivity contribution in [3.05, 3.63) is 0 Å². The van der Waals surface area contributed by atoms with Gasteiger partial charge in [0.2, 0.25) is 0 Å².